The van der Waals surface area contributed by atoms with Crippen LogP contribution in [0.3, 0.4) is 0 Å². The molecule has 98 valence electrons. The van der Waals surface area contributed by atoms with Crippen molar-refractivity contribution >= 4 is 0 Å². The zero-order valence-corrected chi connectivity index (χ0v) is 11.9. The Bertz CT molecular complexity index is 598. The molecule has 0 fully saturated rings. The van der Waals surface area contributed by atoms with Gasteiger partial charge in [0, 0.05) is 12.0 Å². The van der Waals surface area contributed by atoms with Crippen molar-refractivity contribution in [2.75, 3.05) is 6.54 Å². The molecule has 1 aliphatic rings. The molecule has 0 aromatic heterocycles. The third-order valence-corrected chi connectivity index (χ3v) is 4.25. The van der Waals surface area contributed by atoms with Gasteiger partial charge in [-0.1, -0.05) is 62.4 Å². The lowest BCUT2D eigenvalue weighted by Crippen LogP contribution is -2.42. The summed E-state index contributed by atoms with van der Waals surface area (Å²) in [6, 6.07) is 17.8. The molecule has 1 aliphatic heterocycles. The van der Waals surface area contributed by atoms with Crippen LogP contribution in [0.25, 0.3) is 0 Å². The Labute approximate surface area is 115 Å². The average Bonchev–Trinajstić information content (AvgIpc) is 2.41. The van der Waals surface area contributed by atoms with Crippen LogP contribution in [-0.4, -0.2) is 6.54 Å². The van der Waals surface area contributed by atoms with Crippen LogP contribution in [0.2, 0.25) is 0 Å². The molecule has 0 saturated carbocycles. The first-order valence-corrected chi connectivity index (χ1v) is 6.98. The minimum atomic E-state index is 0.204. The normalized spacial score (nSPS) is 20.9. The summed E-state index contributed by atoms with van der Waals surface area (Å²) in [5.74, 6) is 0. The average molecular weight is 251 g/mol. The predicted octanol–water partition coefficient (Wildman–Crippen LogP) is 3.97. The molecule has 1 nitrogen and oxygen atoms in total. The van der Waals surface area contributed by atoms with Gasteiger partial charge in [-0.3, -0.25) is 0 Å². The first-order chi connectivity index (χ1) is 9.09. The van der Waals surface area contributed by atoms with Crippen molar-refractivity contribution < 1.29 is 0 Å². The molecule has 2 aromatic carbocycles. The van der Waals surface area contributed by atoms with E-state index in [1.54, 1.807) is 0 Å². The molecule has 19 heavy (non-hydrogen) atoms. The van der Waals surface area contributed by atoms with E-state index >= 15 is 0 Å². The van der Waals surface area contributed by atoms with E-state index in [4.69, 9.17) is 0 Å². The monoisotopic (exact) mass is 251 g/mol. The molecule has 1 N–H and O–H groups in total. The van der Waals surface area contributed by atoms with E-state index in [-0.39, 0.29) is 5.41 Å². The fraction of sp³-hybridized carbons (Fsp3) is 0.333. The Morgan fingerprint density at radius 1 is 0.947 bits per heavy atom. The number of benzene rings is 2. The first kappa shape index (κ1) is 12.4. The lowest BCUT2D eigenvalue weighted by molar-refractivity contribution is 0.406. The second kappa shape index (κ2) is 4.50. The molecule has 0 radical (unpaired) electrons. The van der Waals surface area contributed by atoms with Gasteiger partial charge < -0.3 is 5.32 Å². The standard InChI is InChI=1S/C18H21N/c1-13-8-4-5-9-14(13)17-15-10-6-7-11-16(15)18(2,3)12-19-17/h4-11,17,19H,12H2,1-3H3. The van der Waals surface area contributed by atoms with Crippen molar-refractivity contribution in [3.63, 3.8) is 0 Å². The van der Waals surface area contributed by atoms with E-state index < -0.39 is 0 Å². The van der Waals surface area contributed by atoms with Gasteiger partial charge in [0.15, 0.2) is 0 Å². The van der Waals surface area contributed by atoms with Crippen LogP contribution in [0.4, 0.5) is 0 Å². The highest BCUT2D eigenvalue weighted by Gasteiger charge is 2.32. The van der Waals surface area contributed by atoms with Crippen LogP contribution in [0.15, 0.2) is 48.5 Å². The van der Waals surface area contributed by atoms with Gasteiger partial charge >= 0.3 is 0 Å². The number of nitrogens with one attached hydrogen (secondary N) is 1. The number of rotatable bonds is 1. The van der Waals surface area contributed by atoms with Crippen LogP contribution in [0, 0.1) is 6.92 Å². The summed E-state index contributed by atoms with van der Waals surface area (Å²) < 4.78 is 0. The van der Waals surface area contributed by atoms with Crippen molar-refractivity contribution in [1.29, 1.82) is 0 Å². The zero-order chi connectivity index (χ0) is 13.5. The van der Waals surface area contributed by atoms with Crippen LogP contribution >= 0.6 is 0 Å². The zero-order valence-electron chi connectivity index (χ0n) is 11.9. The summed E-state index contributed by atoms with van der Waals surface area (Å²) in [4.78, 5) is 0. The van der Waals surface area contributed by atoms with E-state index in [2.05, 4.69) is 74.6 Å². The van der Waals surface area contributed by atoms with Crippen LogP contribution in [0.1, 0.15) is 42.1 Å². The molecule has 1 atom stereocenters. The Morgan fingerprint density at radius 2 is 1.58 bits per heavy atom. The van der Waals surface area contributed by atoms with Crippen LogP contribution in [0.5, 0.6) is 0 Å². The van der Waals surface area contributed by atoms with Crippen molar-refractivity contribution in [2.45, 2.75) is 32.2 Å². The summed E-state index contributed by atoms with van der Waals surface area (Å²) in [7, 11) is 0. The number of fused-ring (bicyclic) bond motifs is 1. The van der Waals surface area contributed by atoms with E-state index in [1.165, 1.54) is 22.3 Å². The SMILES string of the molecule is Cc1ccccc1C1NCC(C)(C)c2ccccc21. The maximum absolute atomic E-state index is 3.72. The fourth-order valence-corrected chi connectivity index (χ4v) is 3.12. The van der Waals surface area contributed by atoms with E-state index in [9.17, 15) is 0 Å². The van der Waals surface area contributed by atoms with E-state index in [0.29, 0.717) is 6.04 Å². The molecule has 2 aromatic rings. The van der Waals surface area contributed by atoms with Gasteiger partial charge in [0.1, 0.15) is 0 Å². The van der Waals surface area contributed by atoms with Gasteiger partial charge in [-0.15, -0.1) is 0 Å². The van der Waals surface area contributed by atoms with Gasteiger partial charge in [-0.2, -0.15) is 0 Å². The van der Waals surface area contributed by atoms with Gasteiger partial charge in [0.05, 0.1) is 6.04 Å². The highest BCUT2D eigenvalue weighted by molar-refractivity contribution is 5.45. The van der Waals surface area contributed by atoms with Crippen LogP contribution in [-0.2, 0) is 5.41 Å². The highest BCUT2D eigenvalue weighted by atomic mass is 14.9. The van der Waals surface area contributed by atoms with Gasteiger partial charge in [0.25, 0.3) is 0 Å². The molecule has 3 rings (SSSR count). The molecule has 0 spiro atoms. The van der Waals surface area contributed by atoms with Gasteiger partial charge in [-0.05, 0) is 29.2 Å². The summed E-state index contributed by atoms with van der Waals surface area (Å²) in [6.45, 7) is 7.84. The number of hydrogen-bond acceptors (Lipinski definition) is 1. The maximum atomic E-state index is 3.72. The van der Waals surface area contributed by atoms with Gasteiger partial charge in [0.2, 0.25) is 0 Å². The molecular weight excluding hydrogens is 230 g/mol. The molecule has 0 saturated heterocycles. The third-order valence-electron chi connectivity index (χ3n) is 4.25. The Hall–Kier alpha value is -1.60. The molecule has 0 bridgehead atoms. The first-order valence-electron chi connectivity index (χ1n) is 6.98. The van der Waals surface area contributed by atoms with Crippen molar-refractivity contribution in [3.05, 3.63) is 70.8 Å². The smallest absolute Gasteiger partial charge is 0.0582 e. The quantitative estimate of drug-likeness (QED) is 0.808. The summed E-state index contributed by atoms with van der Waals surface area (Å²) >= 11 is 0. The van der Waals surface area contributed by atoms with E-state index in [1.807, 2.05) is 0 Å². The second-order valence-corrected chi connectivity index (χ2v) is 6.14. The number of hydrogen-bond donors (Lipinski definition) is 1. The Balaban J connectivity index is 2.14. The lowest BCUT2D eigenvalue weighted by Gasteiger charge is -2.38. The molecule has 0 aliphatic carbocycles. The molecule has 1 heteroatoms. The van der Waals surface area contributed by atoms with E-state index in [0.717, 1.165) is 6.54 Å². The minimum Gasteiger partial charge on any atom is -0.305 e. The minimum absolute atomic E-state index is 0.204. The molecular formula is C18H21N. The number of aryl methyl sites for hydroxylation is 1. The van der Waals surface area contributed by atoms with Crippen LogP contribution < -0.4 is 5.32 Å². The van der Waals surface area contributed by atoms with Crippen molar-refractivity contribution in [3.8, 4) is 0 Å². The lowest BCUT2D eigenvalue weighted by atomic mass is 9.75. The topological polar surface area (TPSA) is 12.0 Å². The predicted molar refractivity (Wildman–Crippen MR) is 80.5 cm³/mol. The summed E-state index contributed by atoms with van der Waals surface area (Å²) in [5.41, 5.74) is 5.85. The highest BCUT2D eigenvalue weighted by Crippen LogP contribution is 2.37. The fourth-order valence-electron chi connectivity index (χ4n) is 3.12. The Morgan fingerprint density at radius 3 is 2.32 bits per heavy atom. The second-order valence-electron chi connectivity index (χ2n) is 6.14. The Kier molecular flexibility index (Phi) is 2.94. The molecule has 0 amide bonds. The summed E-state index contributed by atoms with van der Waals surface area (Å²) in [6.07, 6.45) is 0. The van der Waals surface area contributed by atoms with Crippen molar-refractivity contribution in [2.24, 2.45) is 0 Å². The maximum Gasteiger partial charge on any atom is 0.0582 e. The largest absolute Gasteiger partial charge is 0.305 e. The van der Waals surface area contributed by atoms with Gasteiger partial charge in [-0.25, -0.2) is 0 Å². The van der Waals surface area contributed by atoms with Crippen molar-refractivity contribution in [1.82, 2.24) is 5.32 Å². The molecule has 1 heterocycles. The molecule has 1 unspecified atom stereocenters. The summed E-state index contributed by atoms with van der Waals surface area (Å²) in [5, 5.41) is 3.72. The third kappa shape index (κ3) is 2.08.